The van der Waals surface area contributed by atoms with Crippen LogP contribution in [0.5, 0.6) is 0 Å². The van der Waals surface area contributed by atoms with E-state index >= 15 is 0 Å². The number of hydrogen-bond acceptors (Lipinski definition) is 3. The van der Waals surface area contributed by atoms with Crippen LogP contribution < -0.4 is 0 Å². The molecule has 0 unspecified atom stereocenters. The number of carboxylic acid groups (broad SMARTS) is 1. The molecule has 0 aromatic rings. The lowest BCUT2D eigenvalue weighted by molar-refractivity contribution is -0.147. The highest BCUT2D eigenvalue weighted by Crippen LogP contribution is 2.08. The number of carbonyl (C=O) groups excluding carboxylic acids is 1. The molecule has 0 radical (unpaired) electrons. The van der Waals surface area contributed by atoms with Gasteiger partial charge in [-0.25, -0.2) is 0 Å². The van der Waals surface area contributed by atoms with Gasteiger partial charge in [0.25, 0.3) is 0 Å². The van der Waals surface area contributed by atoms with Crippen molar-refractivity contribution in [3.8, 4) is 0 Å². The van der Waals surface area contributed by atoms with Gasteiger partial charge in [0.1, 0.15) is 0 Å². The van der Waals surface area contributed by atoms with E-state index in [4.69, 9.17) is 9.84 Å². The van der Waals surface area contributed by atoms with Crippen LogP contribution in [-0.4, -0.2) is 23.7 Å². The Morgan fingerprint density at radius 2 is 1.35 bits per heavy atom. The van der Waals surface area contributed by atoms with Crippen LogP contribution in [0.25, 0.3) is 0 Å². The second-order valence-electron chi connectivity index (χ2n) is 6.70. The first-order valence-corrected chi connectivity index (χ1v) is 10.3. The lowest BCUT2D eigenvalue weighted by atomic mass is 10.1. The molecule has 0 aliphatic rings. The average molecular weight is 367 g/mol. The van der Waals surface area contributed by atoms with Gasteiger partial charge in [-0.2, -0.15) is 0 Å². The molecule has 0 saturated heterocycles. The van der Waals surface area contributed by atoms with E-state index < -0.39 is 11.9 Å². The molecule has 0 aliphatic carbocycles. The van der Waals surface area contributed by atoms with E-state index in [1.54, 1.807) is 0 Å². The third kappa shape index (κ3) is 20.5. The molecule has 0 heterocycles. The van der Waals surface area contributed by atoms with Crippen LogP contribution in [0.1, 0.15) is 96.8 Å². The smallest absolute Gasteiger partial charge is 0.306 e. The maximum atomic E-state index is 11.2. The van der Waals surface area contributed by atoms with Gasteiger partial charge in [-0.05, 0) is 38.5 Å². The first-order chi connectivity index (χ1) is 12.7. The van der Waals surface area contributed by atoms with Crippen molar-refractivity contribution in [1.82, 2.24) is 0 Å². The number of ether oxygens (including phenoxy) is 1. The molecule has 0 amide bonds. The number of esters is 1. The van der Waals surface area contributed by atoms with Gasteiger partial charge in [-0.15, -0.1) is 0 Å². The predicted molar refractivity (Wildman–Crippen MR) is 107 cm³/mol. The fraction of sp³-hybridized carbons (Fsp3) is 0.727. The van der Waals surface area contributed by atoms with Gasteiger partial charge in [-0.1, -0.05) is 69.8 Å². The van der Waals surface area contributed by atoms with Crippen molar-refractivity contribution in [1.29, 1.82) is 0 Å². The summed E-state index contributed by atoms with van der Waals surface area (Å²) in [7, 11) is 0. The standard InChI is InChI=1S/C22H38O4/c1-2-3-4-5-6-7-8-9-10-11-12-13-14-15-16-17-20-26-22(25)19-18-21(23)24/h6-7,9-10H,2-5,8,11-20H2,1H3,(H,23,24). The van der Waals surface area contributed by atoms with Gasteiger partial charge in [0.2, 0.25) is 0 Å². The van der Waals surface area contributed by atoms with Gasteiger partial charge in [0.05, 0.1) is 19.4 Å². The molecule has 0 bridgehead atoms. The van der Waals surface area contributed by atoms with Crippen LogP contribution in [0, 0.1) is 0 Å². The third-order valence-corrected chi connectivity index (χ3v) is 4.15. The average Bonchev–Trinajstić information content (AvgIpc) is 2.62. The Labute approximate surface area is 159 Å². The zero-order valence-corrected chi connectivity index (χ0v) is 16.6. The molecular formula is C22H38O4. The van der Waals surface area contributed by atoms with E-state index in [-0.39, 0.29) is 12.8 Å². The van der Waals surface area contributed by atoms with Crippen molar-refractivity contribution in [2.24, 2.45) is 0 Å². The van der Waals surface area contributed by atoms with Crippen LogP contribution in [0.3, 0.4) is 0 Å². The lowest BCUT2D eigenvalue weighted by Gasteiger charge is -2.04. The molecule has 4 heteroatoms. The summed E-state index contributed by atoms with van der Waals surface area (Å²) in [4.78, 5) is 21.5. The van der Waals surface area contributed by atoms with Gasteiger partial charge in [0.15, 0.2) is 0 Å². The Kier molecular flexibility index (Phi) is 18.5. The maximum Gasteiger partial charge on any atom is 0.306 e. The van der Waals surface area contributed by atoms with Crippen molar-refractivity contribution >= 4 is 11.9 Å². The molecule has 0 spiro atoms. The quantitative estimate of drug-likeness (QED) is 0.178. The van der Waals surface area contributed by atoms with Gasteiger partial charge in [0, 0.05) is 0 Å². The van der Waals surface area contributed by atoms with E-state index in [0.717, 1.165) is 32.1 Å². The number of rotatable bonds is 18. The Bertz CT molecular complexity index is 399. The van der Waals surface area contributed by atoms with Gasteiger partial charge < -0.3 is 9.84 Å². The Morgan fingerprint density at radius 3 is 1.96 bits per heavy atom. The first kappa shape index (κ1) is 24.4. The number of carbonyl (C=O) groups is 2. The summed E-state index contributed by atoms with van der Waals surface area (Å²) in [6, 6.07) is 0. The molecular weight excluding hydrogens is 328 g/mol. The fourth-order valence-corrected chi connectivity index (χ4v) is 2.56. The number of unbranched alkanes of at least 4 members (excludes halogenated alkanes) is 9. The number of hydrogen-bond donors (Lipinski definition) is 1. The molecule has 0 rings (SSSR count). The topological polar surface area (TPSA) is 63.6 Å². The molecule has 1 N–H and O–H groups in total. The molecule has 0 atom stereocenters. The lowest BCUT2D eigenvalue weighted by Crippen LogP contribution is -2.08. The van der Waals surface area contributed by atoms with Crippen LogP contribution in [0.2, 0.25) is 0 Å². The summed E-state index contributed by atoms with van der Waals surface area (Å²) >= 11 is 0. The molecule has 0 aromatic heterocycles. The summed E-state index contributed by atoms with van der Waals surface area (Å²) < 4.78 is 4.99. The Morgan fingerprint density at radius 1 is 0.769 bits per heavy atom. The van der Waals surface area contributed by atoms with E-state index in [9.17, 15) is 9.59 Å². The van der Waals surface area contributed by atoms with Crippen molar-refractivity contribution in [2.45, 2.75) is 96.8 Å². The van der Waals surface area contributed by atoms with E-state index in [1.807, 2.05) is 0 Å². The summed E-state index contributed by atoms with van der Waals surface area (Å²) in [5.74, 6) is -1.37. The second kappa shape index (κ2) is 19.7. The molecule has 0 fully saturated rings. The monoisotopic (exact) mass is 366 g/mol. The number of carboxylic acids is 1. The largest absolute Gasteiger partial charge is 0.481 e. The zero-order valence-electron chi connectivity index (χ0n) is 16.6. The third-order valence-electron chi connectivity index (χ3n) is 4.15. The van der Waals surface area contributed by atoms with Crippen LogP contribution in [-0.2, 0) is 14.3 Å². The van der Waals surface area contributed by atoms with E-state index in [0.29, 0.717) is 6.61 Å². The van der Waals surface area contributed by atoms with E-state index in [2.05, 4.69) is 31.2 Å². The summed E-state index contributed by atoms with van der Waals surface area (Å²) in [5, 5.41) is 8.47. The molecule has 0 aromatic carbocycles. The minimum absolute atomic E-state index is 0.0303. The second-order valence-corrected chi connectivity index (χ2v) is 6.70. The highest BCUT2D eigenvalue weighted by atomic mass is 16.5. The summed E-state index contributed by atoms with van der Waals surface area (Å²) in [6.07, 6.45) is 23.1. The molecule has 0 aliphatic heterocycles. The van der Waals surface area contributed by atoms with E-state index in [1.165, 1.54) is 44.9 Å². The van der Waals surface area contributed by atoms with Crippen molar-refractivity contribution < 1.29 is 19.4 Å². The number of allylic oxidation sites excluding steroid dienone is 4. The van der Waals surface area contributed by atoms with Gasteiger partial charge >= 0.3 is 11.9 Å². The molecule has 4 nitrogen and oxygen atoms in total. The highest BCUT2D eigenvalue weighted by Gasteiger charge is 2.05. The molecule has 26 heavy (non-hydrogen) atoms. The predicted octanol–water partition coefficient (Wildman–Crippen LogP) is 6.21. The zero-order chi connectivity index (χ0) is 19.3. The van der Waals surface area contributed by atoms with Crippen LogP contribution in [0.4, 0.5) is 0 Å². The normalized spacial score (nSPS) is 11.4. The van der Waals surface area contributed by atoms with Gasteiger partial charge in [-0.3, -0.25) is 9.59 Å². The summed E-state index contributed by atoms with van der Waals surface area (Å²) in [6.45, 7) is 2.64. The van der Waals surface area contributed by atoms with Crippen LogP contribution >= 0.6 is 0 Å². The Balaban J connectivity index is 3.25. The van der Waals surface area contributed by atoms with Crippen molar-refractivity contribution in [3.05, 3.63) is 24.3 Å². The molecule has 0 saturated carbocycles. The summed E-state index contributed by atoms with van der Waals surface area (Å²) in [5.41, 5.74) is 0. The first-order valence-electron chi connectivity index (χ1n) is 10.3. The van der Waals surface area contributed by atoms with Crippen LogP contribution in [0.15, 0.2) is 24.3 Å². The minimum Gasteiger partial charge on any atom is -0.481 e. The number of aliphatic carboxylic acids is 1. The minimum atomic E-state index is -0.962. The maximum absolute atomic E-state index is 11.2. The Hall–Kier alpha value is -1.58. The highest BCUT2D eigenvalue weighted by molar-refractivity contribution is 5.76. The van der Waals surface area contributed by atoms with Crippen molar-refractivity contribution in [2.75, 3.05) is 6.61 Å². The SMILES string of the molecule is CCCCCC=CCC=CCCCCCCCCOC(=O)CCC(=O)O. The van der Waals surface area contributed by atoms with Crippen molar-refractivity contribution in [3.63, 3.8) is 0 Å². The fourth-order valence-electron chi connectivity index (χ4n) is 2.56. The molecule has 150 valence electrons.